The van der Waals surface area contributed by atoms with E-state index in [1.165, 1.54) is 18.2 Å². The maximum Gasteiger partial charge on any atom is 0.405 e. The van der Waals surface area contributed by atoms with Crippen molar-refractivity contribution >= 4 is 39.3 Å². The fourth-order valence-corrected chi connectivity index (χ4v) is 2.31. The van der Waals surface area contributed by atoms with Crippen molar-refractivity contribution in [3.8, 4) is 0 Å². The number of para-hydroxylation sites is 2. The van der Waals surface area contributed by atoms with E-state index in [0.717, 1.165) is 10.0 Å². The Bertz CT molecular complexity index is 745. The van der Waals surface area contributed by atoms with Crippen molar-refractivity contribution in [2.75, 3.05) is 17.2 Å². The van der Waals surface area contributed by atoms with Gasteiger partial charge in [0.25, 0.3) is 0 Å². The summed E-state index contributed by atoms with van der Waals surface area (Å²) in [6, 6.07) is 13.6. The third-order valence-electron chi connectivity index (χ3n) is 2.98. The van der Waals surface area contributed by atoms with Gasteiger partial charge in [-0.05, 0) is 29.8 Å². The van der Waals surface area contributed by atoms with Crippen molar-refractivity contribution in [1.29, 1.82) is 0 Å². The number of halogens is 4. The van der Waals surface area contributed by atoms with Gasteiger partial charge < -0.3 is 10.6 Å². The van der Waals surface area contributed by atoms with Gasteiger partial charge in [-0.2, -0.15) is 13.2 Å². The summed E-state index contributed by atoms with van der Waals surface area (Å²) in [5.41, 5.74) is 1.30. The van der Waals surface area contributed by atoms with Crippen LogP contribution in [-0.4, -0.2) is 18.6 Å². The maximum atomic E-state index is 12.3. The monoisotopic (exact) mass is 398 g/mol. The lowest BCUT2D eigenvalue weighted by Gasteiger charge is -2.13. The van der Waals surface area contributed by atoms with E-state index in [9.17, 15) is 18.0 Å². The lowest BCUT2D eigenvalue weighted by Crippen LogP contribution is -2.22. The van der Waals surface area contributed by atoms with Crippen LogP contribution in [0.25, 0.3) is 6.08 Å². The predicted molar refractivity (Wildman–Crippen MR) is 92.8 cm³/mol. The van der Waals surface area contributed by atoms with Crippen LogP contribution in [0.5, 0.6) is 0 Å². The SMILES string of the molecule is O=C(/C=C/c1ccccc1Br)Nc1ccccc1NCC(F)(F)F. The average molecular weight is 399 g/mol. The van der Waals surface area contributed by atoms with Gasteiger partial charge in [0.05, 0.1) is 11.4 Å². The summed E-state index contributed by atoms with van der Waals surface area (Å²) in [6.07, 6.45) is -1.40. The molecule has 1 amide bonds. The van der Waals surface area contributed by atoms with Crippen LogP contribution in [0.2, 0.25) is 0 Å². The Labute approximate surface area is 145 Å². The molecule has 0 spiro atoms. The molecule has 0 radical (unpaired) electrons. The molecule has 24 heavy (non-hydrogen) atoms. The van der Waals surface area contributed by atoms with Gasteiger partial charge in [-0.25, -0.2) is 0 Å². The molecule has 2 aromatic carbocycles. The molecule has 0 atom stereocenters. The highest BCUT2D eigenvalue weighted by atomic mass is 79.9. The Hall–Kier alpha value is -2.28. The maximum absolute atomic E-state index is 12.3. The van der Waals surface area contributed by atoms with Crippen molar-refractivity contribution in [3.63, 3.8) is 0 Å². The highest BCUT2D eigenvalue weighted by molar-refractivity contribution is 9.10. The molecule has 7 heteroatoms. The smallest absolute Gasteiger partial charge is 0.375 e. The van der Waals surface area contributed by atoms with E-state index in [2.05, 4.69) is 26.6 Å². The molecule has 2 aromatic rings. The van der Waals surface area contributed by atoms with Gasteiger partial charge in [0.15, 0.2) is 0 Å². The number of alkyl halides is 3. The van der Waals surface area contributed by atoms with E-state index in [4.69, 9.17) is 0 Å². The number of anilines is 2. The van der Waals surface area contributed by atoms with E-state index in [1.807, 2.05) is 24.3 Å². The molecular formula is C17H14BrF3N2O. The third-order valence-corrected chi connectivity index (χ3v) is 3.71. The van der Waals surface area contributed by atoms with Crippen LogP contribution in [0.1, 0.15) is 5.56 Å². The molecule has 0 aliphatic heterocycles. The summed E-state index contributed by atoms with van der Waals surface area (Å²) in [5, 5.41) is 4.84. The van der Waals surface area contributed by atoms with Crippen molar-refractivity contribution in [3.05, 3.63) is 64.6 Å². The third kappa shape index (κ3) is 5.73. The fourth-order valence-electron chi connectivity index (χ4n) is 1.89. The predicted octanol–water partition coefficient (Wildman–Crippen LogP) is 5.08. The van der Waals surface area contributed by atoms with Gasteiger partial charge in [-0.15, -0.1) is 0 Å². The number of carbonyl (C=O) groups excluding carboxylic acids is 1. The molecule has 0 aliphatic carbocycles. The molecule has 0 aliphatic rings. The minimum Gasteiger partial charge on any atom is -0.375 e. The zero-order valence-electron chi connectivity index (χ0n) is 12.4. The lowest BCUT2D eigenvalue weighted by molar-refractivity contribution is -0.115. The molecule has 2 N–H and O–H groups in total. The Kier molecular flexibility index (Phi) is 6.03. The summed E-state index contributed by atoms with van der Waals surface area (Å²) < 4.78 is 37.8. The Morgan fingerprint density at radius 1 is 1.04 bits per heavy atom. The number of hydrogen-bond donors (Lipinski definition) is 2. The highest BCUT2D eigenvalue weighted by Gasteiger charge is 2.26. The molecule has 3 nitrogen and oxygen atoms in total. The topological polar surface area (TPSA) is 41.1 Å². The van der Waals surface area contributed by atoms with Crippen molar-refractivity contribution in [2.45, 2.75) is 6.18 Å². The summed E-state index contributed by atoms with van der Waals surface area (Å²) in [4.78, 5) is 12.0. The Morgan fingerprint density at radius 2 is 1.67 bits per heavy atom. The fraction of sp³-hybridized carbons (Fsp3) is 0.118. The zero-order valence-corrected chi connectivity index (χ0v) is 14.0. The van der Waals surface area contributed by atoms with Crippen LogP contribution in [-0.2, 0) is 4.79 Å². The number of rotatable bonds is 5. The molecule has 0 saturated carbocycles. The van der Waals surface area contributed by atoms with Gasteiger partial charge in [0.1, 0.15) is 6.54 Å². The average Bonchev–Trinajstić information content (AvgIpc) is 2.52. The molecule has 0 aromatic heterocycles. The van der Waals surface area contributed by atoms with E-state index in [-0.39, 0.29) is 11.4 Å². The van der Waals surface area contributed by atoms with Crippen LogP contribution >= 0.6 is 15.9 Å². The molecule has 0 bridgehead atoms. The quantitative estimate of drug-likeness (QED) is 0.689. The summed E-state index contributed by atoms with van der Waals surface area (Å²) in [6.45, 7) is -1.17. The molecule has 0 heterocycles. The standard InChI is InChI=1S/C17H14BrF3N2O/c18-13-6-2-1-5-12(13)9-10-16(24)23-15-8-4-3-7-14(15)22-11-17(19,20)21/h1-10,22H,11H2,(H,23,24)/b10-9+. The van der Waals surface area contributed by atoms with Crippen LogP contribution < -0.4 is 10.6 Å². The van der Waals surface area contributed by atoms with Crippen LogP contribution in [0.4, 0.5) is 24.5 Å². The Morgan fingerprint density at radius 3 is 2.33 bits per heavy atom. The van der Waals surface area contributed by atoms with E-state index in [0.29, 0.717) is 0 Å². The van der Waals surface area contributed by atoms with Crippen molar-refractivity contribution in [2.24, 2.45) is 0 Å². The molecule has 2 rings (SSSR count). The highest BCUT2D eigenvalue weighted by Crippen LogP contribution is 2.24. The zero-order chi connectivity index (χ0) is 17.6. The van der Waals surface area contributed by atoms with Gasteiger partial charge >= 0.3 is 6.18 Å². The summed E-state index contributed by atoms with van der Waals surface area (Å²) in [5.74, 6) is -0.438. The molecular weight excluding hydrogens is 385 g/mol. The normalized spacial score (nSPS) is 11.5. The minimum atomic E-state index is -4.34. The number of benzene rings is 2. The first-order valence-electron chi connectivity index (χ1n) is 6.98. The summed E-state index contributed by atoms with van der Waals surface area (Å²) in [7, 11) is 0. The lowest BCUT2D eigenvalue weighted by atomic mass is 10.2. The van der Waals surface area contributed by atoms with Crippen LogP contribution in [0.3, 0.4) is 0 Å². The first kappa shape index (κ1) is 18.1. The largest absolute Gasteiger partial charge is 0.405 e. The number of hydrogen-bond acceptors (Lipinski definition) is 2. The molecule has 126 valence electrons. The number of nitrogens with one attached hydrogen (secondary N) is 2. The van der Waals surface area contributed by atoms with Crippen molar-refractivity contribution in [1.82, 2.24) is 0 Å². The van der Waals surface area contributed by atoms with Crippen LogP contribution in [0.15, 0.2) is 59.1 Å². The second-order valence-electron chi connectivity index (χ2n) is 4.86. The number of carbonyl (C=O) groups is 1. The van der Waals surface area contributed by atoms with E-state index >= 15 is 0 Å². The first-order valence-corrected chi connectivity index (χ1v) is 7.78. The summed E-state index contributed by atoms with van der Waals surface area (Å²) >= 11 is 3.36. The van der Waals surface area contributed by atoms with Gasteiger partial charge in [0, 0.05) is 10.5 Å². The first-order chi connectivity index (χ1) is 11.3. The molecule has 0 saturated heterocycles. The van der Waals surface area contributed by atoms with E-state index in [1.54, 1.807) is 18.2 Å². The second kappa shape index (κ2) is 8.01. The second-order valence-corrected chi connectivity index (χ2v) is 5.71. The van der Waals surface area contributed by atoms with E-state index < -0.39 is 18.6 Å². The van der Waals surface area contributed by atoms with Crippen LogP contribution in [0, 0.1) is 0 Å². The molecule has 0 unspecified atom stereocenters. The number of amides is 1. The van der Waals surface area contributed by atoms with Gasteiger partial charge in [-0.3, -0.25) is 4.79 Å². The van der Waals surface area contributed by atoms with Gasteiger partial charge in [0.2, 0.25) is 5.91 Å². The van der Waals surface area contributed by atoms with Gasteiger partial charge in [-0.1, -0.05) is 46.3 Å². The Balaban J connectivity index is 2.05. The minimum absolute atomic E-state index is 0.206. The van der Waals surface area contributed by atoms with Crippen molar-refractivity contribution < 1.29 is 18.0 Å². The molecule has 0 fully saturated rings.